The molecule has 0 heterocycles. The highest BCUT2D eigenvalue weighted by molar-refractivity contribution is 5.67. The average molecular weight is 626 g/mol. The summed E-state index contributed by atoms with van der Waals surface area (Å²) in [7, 11) is 1.67. The molecule has 0 aromatic rings. The van der Waals surface area contributed by atoms with Crippen LogP contribution in [-0.4, -0.2) is 45.7 Å². The third-order valence-corrected chi connectivity index (χ3v) is 8.95. The molecule has 1 amide bonds. The molecule has 0 saturated heterocycles. The van der Waals surface area contributed by atoms with Gasteiger partial charge in [-0.15, -0.1) is 0 Å². The molecule has 0 fully saturated rings. The Morgan fingerprint density at radius 2 is 0.841 bits per heavy atom. The summed E-state index contributed by atoms with van der Waals surface area (Å²) in [6, 6.07) is 0. The minimum absolute atomic E-state index is 0.0540. The van der Waals surface area contributed by atoms with Gasteiger partial charge in [-0.25, -0.2) is 4.79 Å². The van der Waals surface area contributed by atoms with Crippen molar-refractivity contribution in [2.24, 2.45) is 0 Å². The van der Waals surface area contributed by atoms with Gasteiger partial charge in [-0.05, 0) is 32.1 Å². The second kappa shape index (κ2) is 38.4. The van der Waals surface area contributed by atoms with Gasteiger partial charge in [0.1, 0.15) is 6.10 Å². The SMILES string of the molecule is CCCCCCCCCCCCCCCCCCCC(CCCCCCCCCCCC)OC(=O)NCCCOCCOC. The molecule has 5 heteroatoms. The first-order valence-corrected chi connectivity index (χ1v) is 19.8. The van der Waals surface area contributed by atoms with E-state index in [1.54, 1.807) is 7.11 Å². The standard InChI is InChI=1S/C39H79NO4/c1-4-6-8-10-12-14-16-17-18-19-20-21-22-24-26-28-30-33-38(32-29-27-25-23-15-13-11-9-7-5-2)44-39(41)40-34-31-35-43-37-36-42-3/h38H,4-37H2,1-3H3,(H,40,41). The van der Waals surface area contributed by atoms with Crippen LogP contribution in [-0.2, 0) is 14.2 Å². The molecule has 0 aliphatic heterocycles. The third-order valence-electron chi connectivity index (χ3n) is 8.95. The van der Waals surface area contributed by atoms with Crippen molar-refractivity contribution in [1.29, 1.82) is 0 Å². The molecule has 0 aliphatic carbocycles. The predicted molar refractivity (Wildman–Crippen MR) is 191 cm³/mol. The van der Waals surface area contributed by atoms with E-state index >= 15 is 0 Å². The fourth-order valence-electron chi connectivity index (χ4n) is 6.02. The molecular weight excluding hydrogens is 546 g/mol. The van der Waals surface area contributed by atoms with E-state index in [4.69, 9.17) is 14.2 Å². The molecule has 1 atom stereocenters. The van der Waals surface area contributed by atoms with Gasteiger partial charge in [-0.2, -0.15) is 0 Å². The van der Waals surface area contributed by atoms with Crippen LogP contribution >= 0.6 is 0 Å². The van der Waals surface area contributed by atoms with E-state index in [0.29, 0.717) is 26.4 Å². The Kier molecular flexibility index (Phi) is 37.7. The number of hydrogen-bond donors (Lipinski definition) is 1. The highest BCUT2D eigenvalue weighted by atomic mass is 16.6. The molecule has 5 nitrogen and oxygen atoms in total. The van der Waals surface area contributed by atoms with Crippen molar-refractivity contribution < 1.29 is 19.0 Å². The summed E-state index contributed by atoms with van der Waals surface area (Å²) in [4.78, 5) is 12.5. The van der Waals surface area contributed by atoms with Gasteiger partial charge >= 0.3 is 6.09 Å². The summed E-state index contributed by atoms with van der Waals surface area (Å²) < 4.78 is 16.4. The van der Waals surface area contributed by atoms with Crippen LogP contribution in [0.4, 0.5) is 4.79 Å². The molecule has 0 spiro atoms. The number of amides is 1. The van der Waals surface area contributed by atoms with Crippen molar-refractivity contribution in [2.75, 3.05) is 33.5 Å². The maximum atomic E-state index is 12.5. The third kappa shape index (κ3) is 35.7. The Hall–Kier alpha value is -0.810. The number of nitrogens with one attached hydrogen (secondary N) is 1. The number of hydrogen-bond acceptors (Lipinski definition) is 4. The minimum Gasteiger partial charge on any atom is -0.446 e. The zero-order valence-electron chi connectivity index (χ0n) is 30.3. The lowest BCUT2D eigenvalue weighted by molar-refractivity contribution is 0.0670. The zero-order valence-corrected chi connectivity index (χ0v) is 30.3. The molecule has 0 aromatic carbocycles. The Bertz CT molecular complexity index is 544. The van der Waals surface area contributed by atoms with E-state index in [9.17, 15) is 4.79 Å². The maximum absolute atomic E-state index is 12.5. The molecule has 264 valence electrons. The van der Waals surface area contributed by atoms with Crippen molar-refractivity contribution in [3.05, 3.63) is 0 Å². The van der Waals surface area contributed by atoms with Gasteiger partial charge < -0.3 is 19.5 Å². The summed E-state index contributed by atoms with van der Waals surface area (Å²) in [5.74, 6) is 0. The number of carbonyl (C=O) groups is 1. The first-order valence-electron chi connectivity index (χ1n) is 19.8. The lowest BCUT2D eigenvalue weighted by Gasteiger charge is -2.18. The van der Waals surface area contributed by atoms with Crippen LogP contribution < -0.4 is 5.32 Å². The normalized spacial score (nSPS) is 12.1. The van der Waals surface area contributed by atoms with Crippen molar-refractivity contribution in [2.45, 2.75) is 213 Å². The van der Waals surface area contributed by atoms with Crippen molar-refractivity contribution in [3.63, 3.8) is 0 Å². The molecule has 0 aromatic heterocycles. The molecule has 0 rings (SSSR count). The molecule has 0 aliphatic rings. The van der Waals surface area contributed by atoms with Gasteiger partial charge in [-0.1, -0.05) is 174 Å². The number of carbonyl (C=O) groups excluding carboxylic acids is 1. The second-order valence-corrected chi connectivity index (χ2v) is 13.3. The topological polar surface area (TPSA) is 56.8 Å². The van der Waals surface area contributed by atoms with Gasteiger partial charge in [0, 0.05) is 20.3 Å². The molecular formula is C39H79NO4. The molecule has 0 saturated carbocycles. The van der Waals surface area contributed by atoms with Crippen molar-refractivity contribution in [1.82, 2.24) is 5.32 Å². The van der Waals surface area contributed by atoms with Crippen molar-refractivity contribution >= 4 is 6.09 Å². The van der Waals surface area contributed by atoms with Gasteiger partial charge in [0.25, 0.3) is 0 Å². The first kappa shape index (κ1) is 43.2. The number of ether oxygens (including phenoxy) is 3. The van der Waals surface area contributed by atoms with E-state index in [1.165, 1.54) is 173 Å². The summed E-state index contributed by atoms with van der Waals surface area (Å²) in [6.45, 7) is 7.00. The van der Waals surface area contributed by atoms with Crippen LogP contribution in [0.15, 0.2) is 0 Å². The smallest absolute Gasteiger partial charge is 0.407 e. The van der Waals surface area contributed by atoms with E-state index in [1.807, 2.05) is 0 Å². The van der Waals surface area contributed by atoms with Crippen LogP contribution in [0.5, 0.6) is 0 Å². The largest absolute Gasteiger partial charge is 0.446 e. The lowest BCUT2D eigenvalue weighted by Crippen LogP contribution is -2.30. The fraction of sp³-hybridized carbons (Fsp3) is 0.974. The van der Waals surface area contributed by atoms with Crippen LogP contribution in [0.3, 0.4) is 0 Å². The van der Waals surface area contributed by atoms with Crippen LogP contribution in [0, 0.1) is 0 Å². The summed E-state index contributed by atoms with van der Waals surface area (Å²) in [6.07, 6.45) is 39.6. The van der Waals surface area contributed by atoms with Crippen LogP contribution in [0.2, 0.25) is 0 Å². The number of unbranched alkanes of at least 4 members (excludes halogenated alkanes) is 25. The van der Waals surface area contributed by atoms with E-state index in [-0.39, 0.29) is 12.2 Å². The average Bonchev–Trinajstić information content (AvgIpc) is 3.02. The van der Waals surface area contributed by atoms with Gasteiger partial charge in [-0.3, -0.25) is 0 Å². The number of alkyl carbamates (subject to hydrolysis) is 1. The zero-order chi connectivity index (χ0) is 32.0. The predicted octanol–water partition coefficient (Wildman–Crippen LogP) is 12.5. The van der Waals surface area contributed by atoms with Gasteiger partial charge in [0.05, 0.1) is 13.2 Å². The van der Waals surface area contributed by atoms with Gasteiger partial charge in [0.2, 0.25) is 0 Å². The number of methoxy groups -OCH3 is 1. The quantitative estimate of drug-likeness (QED) is 0.0698. The first-order chi connectivity index (χ1) is 21.7. The highest BCUT2D eigenvalue weighted by Gasteiger charge is 2.14. The lowest BCUT2D eigenvalue weighted by atomic mass is 10.0. The minimum atomic E-state index is -0.258. The Morgan fingerprint density at radius 3 is 1.20 bits per heavy atom. The van der Waals surface area contributed by atoms with Gasteiger partial charge in [0.15, 0.2) is 0 Å². The van der Waals surface area contributed by atoms with E-state index in [2.05, 4.69) is 19.2 Å². The van der Waals surface area contributed by atoms with Crippen LogP contribution in [0.25, 0.3) is 0 Å². The number of rotatable bonds is 37. The maximum Gasteiger partial charge on any atom is 0.407 e. The van der Waals surface area contributed by atoms with E-state index in [0.717, 1.165) is 19.3 Å². The monoisotopic (exact) mass is 626 g/mol. The molecule has 1 N–H and O–H groups in total. The summed E-state index contributed by atoms with van der Waals surface area (Å²) in [5, 5.41) is 2.93. The highest BCUT2D eigenvalue weighted by Crippen LogP contribution is 2.18. The Labute approximate surface area is 276 Å². The molecule has 1 unspecified atom stereocenters. The van der Waals surface area contributed by atoms with Crippen LogP contribution in [0.1, 0.15) is 206 Å². The summed E-state index contributed by atoms with van der Waals surface area (Å²) in [5.41, 5.74) is 0. The molecule has 44 heavy (non-hydrogen) atoms. The van der Waals surface area contributed by atoms with E-state index < -0.39 is 0 Å². The second-order valence-electron chi connectivity index (χ2n) is 13.3. The Balaban J connectivity index is 3.94. The Morgan fingerprint density at radius 1 is 0.477 bits per heavy atom. The molecule has 0 radical (unpaired) electrons. The fourth-order valence-corrected chi connectivity index (χ4v) is 6.02. The van der Waals surface area contributed by atoms with Crippen molar-refractivity contribution in [3.8, 4) is 0 Å². The summed E-state index contributed by atoms with van der Waals surface area (Å²) >= 11 is 0. The molecule has 0 bridgehead atoms.